The molecule has 2 aromatic carbocycles. The van der Waals surface area contributed by atoms with E-state index in [4.69, 9.17) is 13.9 Å². The Morgan fingerprint density at radius 3 is 1.97 bits per heavy atom. The molecule has 2 N–H and O–H groups in total. The van der Waals surface area contributed by atoms with Crippen molar-refractivity contribution in [1.82, 2.24) is 9.96 Å². The normalized spacial score (nSPS) is 14.8. The van der Waals surface area contributed by atoms with Crippen molar-refractivity contribution in [3.8, 4) is 33.9 Å². The quantitative estimate of drug-likeness (QED) is 0.356. The van der Waals surface area contributed by atoms with Gasteiger partial charge in [0.25, 0.3) is 0 Å². The average Bonchev–Trinajstić information content (AvgIpc) is 3.38. The molecule has 1 aromatic heterocycles. The number of aliphatic carboxylic acids is 1. The molecular formula is C27H30N2O7. The number of amides is 2. The van der Waals surface area contributed by atoms with E-state index in [2.05, 4.69) is 0 Å². The van der Waals surface area contributed by atoms with Crippen molar-refractivity contribution in [2.45, 2.75) is 25.2 Å². The van der Waals surface area contributed by atoms with Gasteiger partial charge in [0.05, 0.1) is 14.2 Å². The number of carboxylic acid groups (broad SMARTS) is 1. The summed E-state index contributed by atoms with van der Waals surface area (Å²) in [5.74, 6) is 1.26. The van der Waals surface area contributed by atoms with E-state index < -0.39 is 17.4 Å². The molecule has 1 saturated heterocycles. The summed E-state index contributed by atoms with van der Waals surface area (Å²) in [5.41, 5.74) is 1.07. The van der Waals surface area contributed by atoms with Gasteiger partial charge in [-0.25, -0.2) is 9.86 Å². The van der Waals surface area contributed by atoms with Crippen molar-refractivity contribution < 1.29 is 33.8 Å². The Morgan fingerprint density at radius 1 is 0.972 bits per heavy atom. The third-order valence-electron chi connectivity index (χ3n) is 6.77. The van der Waals surface area contributed by atoms with Crippen LogP contribution in [-0.2, 0) is 10.2 Å². The summed E-state index contributed by atoms with van der Waals surface area (Å²) in [4.78, 5) is 26.5. The standard InChI is InChI=1S/C27H30N2O7/c1-4-29(33)26(32)28-15-13-27(14-16-28,25(30)31)23-17-22(18-5-9-20(34-2)10-6-18)24(36-23)19-7-11-21(35-3)12-8-19/h5-12,17,33H,4,13-16H2,1-3H3,(H,30,31). The fraction of sp³-hybridized carbons (Fsp3) is 0.333. The molecule has 0 spiro atoms. The highest BCUT2D eigenvalue weighted by Crippen LogP contribution is 2.44. The SMILES string of the molecule is CCN(O)C(=O)N1CCC(C(=O)O)(c2cc(-c3ccc(OC)cc3)c(-c3ccc(OC)cc3)o2)CC1. The summed E-state index contributed by atoms with van der Waals surface area (Å²) in [7, 11) is 3.19. The van der Waals surface area contributed by atoms with Crippen molar-refractivity contribution in [3.63, 3.8) is 0 Å². The van der Waals surface area contributed by atoms with E-state index in [1.807, 2.05) is 48.5 Å². The van der Waals surface area contributed by atoms with Gasteiger partial charge in [0.15, 0.2) is 0 Å². The Balaban J connectivity index is 1.76. The van der Waals surface area contributed by atoms with Gasteiger partial charge in [-0.1, -0.05) is 12.1 Å². The zero-order valence-corrected chi connectivity index (χ0v) is 20.6. The van der Waals surface area contributed by atoms with Gasteiger partial charge in [0.1, 0.15) is 28.4 Å². The number of carboxylic acids is 1. The number of piperidine rings is 1. The van der Waals surface area contributed by atoms with Crippen LogP contribution in [0.4, 0.5) is 4.79 Å². The summed E-state index contributed by atoms with van der Waals surface area (Å²) >= 11 is 0. The van der Waals surface area contributed by atoms with Crippen LogP contribution < -0.4 is 9.47 Å². The Labute approximate surface area is 209 Å². The van der Waals surface area contributed by atoms with Gasteiger partial charge in [-0.15, -0.1) is 0 Å². The molecular weight excluding hydrogens is 464 g/mol. The molecule has 0 atom stereocenters. The van der Waals surface area contributed by atoms with Crippen LogP contribution >= 0.6 is 0 Å². The number of hydroxylamine groups is 2. The first-order chi connectivity index (χ1) is 17.3. The highest BCUT2D eigenvalue weighted by atomic mass is 16.5. The van der Waals surface area contributed by atoms with Crippen LogP contribution in [0.15, 0.2) is 59.0 Å². The molecule has 4 rings (SSSR count). The Bertz CT molecular complexity index is 1140. The molecule has 2 heterocycles. The van der Waals surface area contributed by atoms with Gasteiger partial charge in [0.2, 0.25) is 0 Å². The van der Waals surface area contributed by atoms with E-state index in [0.29, 0.717) is 28.1 Å². The average molecular weight is 495 g/mol. The Hall–Kier alpha value is -3.98. The highest BCUT2D eigenvalue weighted by molar-refractivity contribution is 5.86. The van der Waals surface area contributed by atoms with Gasteiger partial charge in [-0.05, 0) is 67.8 Å². The molecule has 36 heavy (non-hydrogen) atoms. The number of rotatable bonds is 7. The zero-order valence-electron chi connectivity index (χ0n) is 20.6. The molecule has 1 fully saturated rings. The molecule has 0 saturated carbocycles. The molecule has 9 heteroatoms. The van der Waals surface area contributed by atoms with Crippen LogP contribution in [0.25, 0.3) is 22.5 Å². The minimum Gasteiger partial charge on any atom is -0.497 e. The maximum atomic E-state index is 12.6. The molecule has 0 unspecified atom stereocenters. The number of carbonyl (C=O) groups excluding carboxylic acids is 1. The maximum Gasteiger partial charge on any atom is 0.343 e. The topological polar surface area (TPSA) is 113 Å². The van der Waals surface area contributed by atoms with Gasteiger partial charge < -0.3 is 23.9 Å². The predicted octanol–water partition coefficient (Wildman–Crippen LogP) is 4.88. The van der Waals surface area contributed by atoms with Crippen LogP contribution in [-0.4, -0.2) is 66.1 Å². The first-order valence-corrected chi connectivity index (χ1v) is 11.7. The molecule has 9 nitrogen and oxygen atoms in total. The first-order valence-electron chi connectivity index (χ1n) is 11.7. The van der Waals surface area contributed by atoms with Crippen LogP contribution in [0.1, 0.15) is 25.5 Å². The van der Waals surface area contributed by atoms with Crippen LogP contribution in [0.5, 0.6) is 11.5 Å². The summed E-state index contributed by atoms with van der Waals surface area (Å²) < 4.78 is 16.9. The summed E-state index contributed by atoms with van der Waals surface area (Å²) in [6.07, 6.45) is 0.312. The molecule has 3 aromatic rings. The second-order valence-corrected chi connectivity index (χ2v) is 8.68. The maximum absolute atomic E-state index is 12.6. The molecule has 0 bridgehead atoms. The number of ether oxygens (including phenoxy) is 2. The van der Waals surface area contributed by atoms with Gasteiger partial charge in [-0.2, -0.15) is 0 Å². The summed E-state index contributed by atoms with van der Waals surface area (Å²) in [6, 6.07) is 16.1. The van der Waals surface area contributed by atoms with Gasteiger partial charge in [0, 0.05) is 30.8 Å². The van der Waals surface area contributed by atoms with E-state index in [1.54, 1.807) is 27.2 Å². The molecule has 0 aliphatic carbocycles. The lowest BCUT2D eigenvalue weighted by molar-refractivity contribution is -0.146. The van der Waals surface area contributed by atoms with E-state index >= 15 is 0 Å². The number of hydrogen-bond acceptors (Lipinski definition) is 6. The van der Waals surface area contributed by atoms with Crippen LogP contribution in [0.3, 0.4) is 0 Å². The number of methoxy groups -OCH3 is 2. The smallest absolute Gasteiger partial charge is 0.343 e. The summed E-state index contributed by atoms with van der Waals surface area (Å²) in [5, 5.41) is 20.8. The van der Waals surface area contributed by atoms with Crippen molar-refractivity contribution in [1.29, 1.82) is 0 Å². The molecule has 2 amide bonds. The van der Waals surface area contributed by atoms with Crippen molar-refractivity contribution in [2.75, 3.05) is 33.9 Å². The summed E-state index contributed by atoms with van der Waals surface area (Å²) in [6.45, 7) is 2.17. The lowest BCUT2D eigenvalue weighted by Crippen LogP contribution is -2.51. The minimum absolute atomic E-state index is 0.147. The van der Waals surface area contributed by atoms with Crippen molar-refractivity contribution >= 4 is 12.0 Å². The third kappa shape index (κ3) is 4.61. The number of benzene rings is 2. The van der Waals surface area contributed by atoms with E-state index in [-0.39, 0.29) is 32.5 Å². The fourth-order valence-corrected chi connectivity index (χ4v) is 4.51. The molecule has 1 aliphatic heterocycles. The largest absolute Gasteiger partial charge is 0.497 e. The molecule has 0 radical (unpaired) electrons. The molecule has 1 aliphatic rings. The number of hydrogen-bond donors (Lipinski definition) is 2. The predicted molar refractivity (Wildman–Crippen MR) is 132 cm³/mol. The highest BCUT2D eigenvalue weighted by Gasteiger charge is 2.47. The van der Waals surface area contributed by atoms with Gasteiger partial charge >= 0.3 is 12.0 Å². The lowest BCUT2D eigenvalue weighted by Gasteiger charge is -2.38. The second kappa shape index (κ2) is 10.3. The number of furan rings is 1. The monoisotopic (exact) mass is 494 g/mol. The number of urea groups is 1. The van der Waals surface area contributed by atoms with E-state index in [9.17, 15) is 19.9 Å². The lowest BCUT2D eigenvalue weighted by atomic mass is 9.76. The Morgan fingerprint density at radius 2 is 1.50 bits per heavy atom. The van der Waals surface area contributed by atoms with Crippen molar-refractivity contribution in [3.05, 3.63) is 60.4 Å². The van der Waals surface area contributed by atoms with Crippen LogP contribution in [0, 0.1) is 0 Å². The zero-order chi connectivity index (χ0) is 25.9. The van der Waals surface area contributed by atoms with Crippen LogP contribution in [0.2, 0.25) is 0 Å². The minimum atomic E-state index is -1.31. The number of carbonyl (C=O) groups is 2. The first kappa shape index (κ1) is 25.1. The van der Waals surface area contributed by atoms with E-state index in [1.165, 1.54) is 4.90 Å². The number of nitrogens with zero attached hydrogens (tertiary/aromatic N) is 2. The second-order valence-electron chi connectivity index (χ2n) is 8.68. The third-order valence-corrected chi connectivity index (χ3v) is 6.77. The van der Waals surface area contributed by atoms with Gasteiger partial charge in [-0.3, -0.25) is 10.0 Å². The Kier molecular flexibility index (Phi) is 7.21. The van der Waals surface area contributed by atoms with E-state index in [0.717, 1.165) is 16.7 Å². The fourth-order valence-electron chi connectivity index (χ4n) is 4.51. The number of likely N-dealkylation sites (tertiary alicyclic amines) is 1. The van der Waals surface area contributed by atoms with Crippen molar-refractivity contribution in [2.24, 2.45) is 0 Å². The molecule has 190 valence electrons.